The number of aromatic amines is 1. The molecule has 0 aromatic carbocycles. The van der Waals surface area contributed by atoms with E-state index >= 15 is 0 Å². The first-order chi connectivity index (χ1) is 6.70. The molecule has 0 aliphatic carbocycles. The first-order valence-corrected chi connectivity index (χ1v) is 5.44. The van der Waals surface area contributed by atoms with Gasteiger partial charge in [-0.2, -0.15) is 0 Å². The normalized spacial score (nSPS) is 16.4. The van der Waals surface area contributed by atoms with Crippen molar-refractivity contribution in [3.8, 4) is 0 Å². The number of rotatable bonds is 2. The summed E-state index contributed by atoms with van der Waals surface area (Å²) in [6.07, 6.45) is 1.45. The lowest BCUT2D eigenvalue weighted by Crippen LogP contribution is -2.56. The van der Waals surface area contributed by atoms with Gasteiger partial charge in [0.1, 0.15) is 9.39 Å². The standard InChI is InChI=1S/C8H11IN4O/c1-13(5-2-10-3-5)7-6(9)8(14)12-4-11-7/h4-5,10H,2-3H2,1H3,(H,11,12,14). The number of halogens is 1. The van der Waals surface area contributed by atoms with E-state index in [9.17, 15) is 4.79 Å². The summed E-state index contributed by atoms with van der Waals surface area (Å²) < 4.78 is 0.652. The van der Waals surface area contributed by atoms with E-state index in [-0.39, 0.29) is 5.56 Å². The van der Waals surface area contributed by atoms with E-state index < -0.39 is 0 Å². The minimum atomic E-state index is -0.0743. The Labute approximate surface area is 95.1 Å². The fourth-order valence-corrected chi connectivity index (χ4v) is 2.02. The summed E-state index contributed by atoms with van der Waals surface area (Å²) in [5.41, 5.74) is -0.0743. The van der Waals surface area contributed by atoms with Crippen LogP contribution in [0.5, 0.6) is 0 Å². The van der Waals surface area contributed by atoms with Crippen molar-refractivity contribution in [3.63, 3.8) is 0 Å². The Morgan fingerprint density at radius 3 is 2.93 bits per heavy atom. The summed E-state index contributed by atoms with van der Waals surface area (Å²) in [5.74, 6) is 0.765. The number of anilines is 1. The van der Waals surface area contributed by atoms with Crippen molar-refractivity contribution >= 4 is 28.4 Å². The van der Waals surface area contributed by atoms with Crippen molar-refractivity contribution < 1.29 is 0 Å². The van der Waals surface area contributed by atoms with Crippen molar-refractivity contribution in [1.29, 1.82) is 0 Å². The second-order valence-corrected chi connectivity index (χ2v) is 4.37. The molecule has 5 nitrogen and oxygen atoms in total. The molecule has 1 aliphatic rings. The highest BCUT2D eigenvalue weighted by Gasteiger charge is 2.24. The number of nitrogens with zero attached hydrogens (tertiary/aromatic N) is 2. The van der Waals surface area contributed by atoms with Gasteiger partial charge in [-0.3, -0.25) is 4.79 Å². The van der Waals surface area contributed by atoms with E-state index in [1.807, 2.05) is 34.5 Å². The average molecular weight is 306 g/mol. The van der Waals surface area contributed by atoms with Gasteiger partial charge in [0.25, 0.3) is 5.56 Å². The highest BCUT2D eigenvalue weighted by molar-refractivity contribution is 14.1. The van der Waals surface area contributed by atoms with Gasteiger partial charge in [0.2, 0.25) is 0 Å². The largest absolute Gasteiger partial charge is 0.353 e. The molecule has 0 amide bonds. The molecule has 2 rings (SSSR count). The zero-order valence-electron chi connectivity index (χ0n) is 7.75. The summed E-state index contributed by atoms with van der Waals surface area (Å²) >= 11 is 2.03. The lowest BCUT2D eigenvalue weighted by atomic mass is 10.1. The maximum Gasteiger partial charge on any atom is 0.266 e. The van der Waals surface area contributed by atoms with E-state index in [2.05, 4.69) is 15.3 Å². The van der Waals surface area contributed by atoms with Crippen LogP contribution in [0, 0.1) is 3.57 Å². The molecule has 14 heavy (non-hydrogen) atoms. The molecule has 1 aliphatic heterocycles. The van der Waals surface area contributed by atoms with Gasteiger partial charge < -0.3 is 15.2 Å². The van der Waals surface area contributed by atoms with E-state index in [1.54, 1.807) is 0 Å². The van der Waals surface area contributed by atoms with E-state index in [0.29, 0.717) is 9.61 Å². The van der Waals surface area contributed by atoms with Crippen LogP contribution in [0.3, 0.4) is 0 Å². The zero-order chi connectivity index (χ0) is 10.1. The number of hydrogen-bond acceptors (Lipinski definition) is 4. The van der Waals surface area contributed by atoms with Gasteiger partial charge in [-0.1, -0.05) is 0 Å². The van der Waals surface area contributed by atoms with Crippen LogP contribution >= 0.6 is 22.6 Å². The summed E-state index contributed by atoms with van der Waals surface area (Å²) in [6, 6.07) is 0.456. The Kier molecular flexibility index (Phi) is 2.73. The summed E-state index contributed by atoms with van der Waals surface area (Å²) in [7, 11) is 1.97. The van der Waals surface area contributed by atoms with Crippen LogP contribution in [0.1, 0.15) is 0 Å². The molecular weight excluding hydrogens is 295 g/mol. The Morgan fingerprint density at radius 1 is 1.64 bits per heavy atom. The average Bonchev–Trinajstić information content (AvgIpc) is 2.06. The molecule has 0 radical (unpaired) electrons. The van der Waals surface area contributed by atoms with Crippen molar-refractivity contribution in [3.05, 3.63) is 20.3 Å². The van der Waals surface area contributed by atoms with Crippen LogP contribution < -0.4 is 15.8 Å². The second kappa shape index (κ2) is 3.85. The number of hydrogen-bond donors (Lipinski definition) is 2. The van der Waals surface area contributed by atoms with Gasteiger partial charge in [-0.15, -0.1) is 0 Å². The second-order valence-electron chi connectivity index (χ2n) is 3.29. The van der Waals surface area contributed by atoms with Crippen LogP contribution in [0.15, 0.2) is 11.1 Å². The lowest BCUT2D eigenvalue weighted by molar-refractivity contribution is 0.426. The summed E-state index contributed by atoms with van der Waals surface area (Å²) in [4.78, 5) is 20.1. The van der Waals surface area contributed by atoms with Crippen molar-refractivity contribution in [2.45, 2.75) is 6.04 Å². The van der Waals surface area contributed by atoms with Gasteiger partial charge in [0.05, 0.1) is 12.4 Å². The third kappa shape index (κ3) is 1.63. The Hall–Kier alpha value is -0.630. The maximum atomic E-state index is 11.3. The molecular formula is C8H11IN4O. The van der Waals surface area contributed by atoms with Crippen molar-refractivity contribution in [2.24, 2.45) is 0 Å². The molecule has 76 valence electrons. The Morgan fingerprint density at radius 2 is 2.36 bits per heavy atom. The third-order valence-electron chi connectivity index (χ3n) is 2.42. The highest BCUT2D eigenvalue weighted by Crippen LogP contribution is 2.17. The molecule has 6 heteroatoms. The molecule has 1 fully saturated rings. The monoisotopic (exact) mass is 306 g/mol. The smallest absolute Gasteiger partial charge is 0.266 e. The molecule has 2 N–H and O–H groups in total. The SMILES string of the molecule is CN(c1nc[nH]c(=O)c1I)C1CNC1. The number of nitrogens with one attached hydrogen (secondary N) is 2. The quantitative estimate of drug-likeness (QED) is 0.742. The zero-order valence-corrected chi connectivity index (χ0v) is 9.91. The molecule has 0 unspecified atom stereocenters. The van der Waals surface area contributed by atoms with Crippen molar-refractivity contribution in [1.82, 2.24) is 15.3 Å². The van der Waals surface area contributed by atoms with Crippen LogP contribution in [0.4, 0.5) is 5.82 Å². The highest BCUT2D eigenvalue weighted by atomic mass is 127. The van der Waals surface area contributed by atoms with E-state index in [0.717, 1.165) is 18.9 Å². The Balaban J connectivity index is 2.30. The van der Waals surface area contributed by atoms with Gasteiger partial charge >= 0.3 is 0 Å². The number of likely N-dealkylation sites (N-methyl/N-ethyl adjacent to an activating group) is 1. The Bertz CT molecular complexity index is 387. The fourth-order valence-electron chi connectivity index (χ4n) is 1.34. The molecule has 2 heterocycles. The van der Waals surface area contributed by atoms with E-state index in [4.69, 9.17) is 0 Å². The van der Waals surface area contributed by atoms with Crippen LogP contribution in [-0.4, -0.2) is 36.1 Å². The van der Waals surface area contributed by atoms with Gasteiger partial charge in [0.15, 0.2) is 0 Å². The van der Waals surface area contributed by atoms with Gasteiger partial charge in [0, 0.05) is 20.1 Å². The molecule has 0 spiro atoms. The first kappa shape index (κ1) is 9.91. The van der Waals surface area contributed by atoms with Crippen LogP contribution in [0.2, 0.25) is 0 Å². The topological polar surface area (TPSA) is 61.0 Å². The molecule has 1 saturated heterocycles. The predicted octanol–water partition coefficient (Wildman–Crippen LogP) is -0.217. The van der Waals surface area contributed by atoms with Gasteiger partial charge in [-0.05, 0) is 22.6 Å². The van der Waals surface area contributed by atoms with Gasteiger partial charge in [-0.25, -0.2) is 4.98 Å². The lowest BCUT2D eigenvalue weighted by Gasteiger charge is -2.36. The van der Waals surface area contributed by atoms with E-state index in [1.165, 1.54) is 6.33 Å². The molecule has 1 aromatic rings. The first-order valence-electron chi connectivity index (χ1n) is 4.37. The third-order valence-corrected chi connectivity index (χ3v) is 3.39. The molecule has 0 saturated carbocycles. The minimum absolute atomic E-state index is 0.0743. The maximum absolute atomic E-state index is 11.3. The molecule has 0 bridgehead atoms. The summed E-state index contributed by atoms with van der Waals surface area (Å²) in [5, 5.41) is 3.19. The molecule has 0 atom stereocenters. The fraction of sp³-hybridized carbons (Fsp3) is 0.500. The minimum Gasteiger partial charge on any atom is -0.353 e. The van der Waals surface area contributed by atoms with Crippen molar-refractivity contribution in [2.75, 3.05) is 25.0 Å². The predicted molar refractivity (Wildman–Crippen MR) is 62.6 cm³/mol. The molecule has 1 aromatic heterocycles. The summed E-state index contributed by atoms with van der Waals surface area (Å²) in [6.45, 7) is 1.92. The van der Waals surface area contributed by atoms with Crippen LogP contribution in [0.25, 0.3) is 0 Å². The number of aromatic nitrogens is 2. The number of H-pyrrole nitrogens is 1. The van der Waals surface area contributed by atoms with Crippen LogP contribution in [-0.2, 0) is 0 Å².